The summed E-state index contributed by atoms with van der Waals surface area (Å²) in [6, 6.07) is 11.2. The Morgan fingerprint density at radius 3 is 2.54 bits per heavy atom. The van der Waals surface area contributed by atoms with Gasteiger partial charge in [-0.1, -0.05) is 24.3 Å². The maximum atomic E-state index is 13.6. The zero-order valence-electron chi connectivity index (χ0n) is 21.8. The van der Waals surface area contributed by atoms with E-state index in [4.69, 9.17) is 25.6 Å². The van der Waals surface area contributed by atoms with Crippen LogP contribution in [-0.4, -0.2) is 48.2 Å². The van der Waals surface area contributed by atoms with Gasteiger partial charge in [-0.25, -0.2) is 14.4 Å². The molecule has 0 unspecified atom stereocenters. The number of hydrogen-bond acceptors (Lipinski definition) is 6. The van der Waals surface area contributed by atoms with Crippen LogP contribution in [0.15, 0.2) is 47.5 Å². The molecule has 1 aliphatic rings. The molecule has 5 N–H and O–H groups in total. The number of amides is 1. The number of aromatic amines is 1. The van der Waals surface area contributed by atoms with Crippen LogP contribution in [0.4, 0.5) is 4.39 Å². The largest absolute Gasteiger partial charge is 0.496 e. The molecule has 0 radical (unpaired) electrons. The van der Waals surface area contributed by atoms with Gasteiger partial charge in [-0.3, -0.25) is 15.0 Å². The van der Waals surface area contributed by atoms with Crippen molar-refractivity contribution < 1.29 is 23.5 Å². The maximum absolute atomic E-state index is 13.6. The van der Waals surface area contributed by atoms with Crippen molar-refractivity contribution in [3.63, 3.8) is 0 Å². The van der Waals surface area contributed by atoms with E-state index in [-0.39, 0.29) is 41.5 Å². The number of nitrogens with one attached hydrogen (secondary N) is 3. The van der Waals surface area contributed by atoms with E-state index in [9.17, 15) is 14.0 Å². The Balaban J connectivity index is 1.50. The summed E-state index contributed by atoms with van der Waals surface area (Å²) in [6.07, 6.45) is 3.87. The minimum atomic E-state index is -0.526. The Hall–Kier alpha value is -4.54. The van der Waals surface area contributed by atoms with Gasteiger partial charge in [-0.15, -0.1) is 0 Å². The van der Waals surface area contributed by atoms with E-state index in [1.165, 1.54) is 26.4 Å². The molecule has 0 aliphatic heterocycles. The number of H-pyrrole nitrogens is 1. The Labute approximate surface area is 225 Å². The van der Waals surface area contributed by atoms with Crippen molar-refractivity contribution in [3.8, 4) is 17.0 Å². The van der Waals surface area contributed by atoms with Crippen molar-refractivity contribution in [3.05, 3.63) is 70.9 Å². The van der Waals surface area contributed by atoms with Crippen LogP contribution in [0, 0.1) is 17.1 Å². The fourth-order valence-electron chi connectivity index (χ4n) is 4.80. The van der Waals surface area contributed by atoms with Crippen molar-refractivity contribution in [1.29, 1.82) is 5.41 Å². The fraction of sp³-hybridized carbons (Fsp3) is 0.321. The number of halogens is 1. The first-order valence-electron chi connectivity index (χ1n) is 12.6. The summed E-state index contributed by atoms with van der Waals surface area (Å²) in [5.74, 6) is 0.0560. The molecule has 1 saturated carbocycles. The summed E-state index contributed by atoms with van der Waals surface area (Å²) < 4.78 is 23.7. The maximum Gasteiger partial charge on any atom is 0.308 e. The van der Waals surface area contributed by atoms with Crippen LogP contribution in [0.1, 0.15) is 59.0 Å². The first-order chi connectivity index (χ1) is 18.8. The molecule has 0 bridgehead atoms. The zero-order chi connectivity index (χ0) is 27.9. The molecule has 4 rings (SSSR count). The second-order valence-electron chi connectivity index (χ2n) is 9.29. The van der Waals surface area contributed by atoms with Gasteiger partial charge < -0.3 is 25.5 Å². The molecule has 1 heterocycles. The molecule has 3 aromatic rings. The second kappa shape index (κ2) is 12.3. The standard InChI is InChI=1S/C28H31FN6O4/c1-38-22-12-11-20(29)13-21(22)27(36)32-14-16-3-5-17(6-4-16)23-24(25(31)33-15-30)35-26(34-23)18-7-9-19(10-8-18)28(37)39-2/h3-6,11-13,15,18-19H,7-10,14H2,1-2H3,(H,32,36)(H,34,35)(H3,30,31,33)/t18-,19-. The highest BCUT2D eigenvalue weighted by molar-refractivity contribution is 6.04. The SMILES string of the molecule is COc1ccc(F)cc1C(=O)NCc1ccc(-c2nc([C@H]3CC[C@H](C(=O)OC)CC3)[nH]c2/C(N)=N\C=N)cc1. The molecule has 2 aromatic carbocycles. The second-order valence-corrected chi connectivity index (χ2v) is 9.29. The number of nitrogens with zero attached hydrogens (tertiary/aromatic N) is 2. The lowest BCUT2D eigenvalue weighted by Gasteiger charge is -2.25. The summed E-state index contributed by atoms with van der Waals surface area (Å²) >= 11 is 0. The Kier molecular flexibility index (Phi) is 8.70. The number of carbonyl (C=O) groups is 2. The normalized spacial score (nSPS) is 17.4. The van der Waals surface area contributed by atoms with Gasteiger partial charge >= 0.3 is 5.97 Å². The quantitative estimate of drug-likeness (QED) is 0.185. The minimum absolute atomic E-state index is 0.0975. The first kappa shape index (κ1) is 27.5. The van der Waals surface area contributed by atoms with Crippen molar-refractivity contribution in [2.45, 2.75) is 38.1 Å². The molecular formula is C28H31FN6O4. The Morgan fingerprint density at radius 2 is 1.90 bits per heavy atom. The van der Waals surface area contributed by atoms with Gasteiger partial charge in [0.15, 0.2) is 5.84 Å². The van der Waals surface area contributed by atoms with E-state index in [1.807, 2.05) is 24.3 Å². The number of hydrogen-bond donors (Lipinski definition) is 4. The van der Waals surface area contributed by atoms with Gasteiger partial charge in [0, 0.05) is 18.0 Å². The van der Waals surface area contributed by atoms with Gasteiger partial charge in [-0.2, -0.15) is 0 Å². The fourth-order valence-corrected chi connectivity index (χ4v) is 4.80. The van der Waals surface area contributed by atoms with Gasteiger partial charge in [0.05, 0.1) is 31.4 Å². The third-order valence-corrected chi connectivity index (χ3v) is 6.92. The lowest BCUT2D eigenvalue weighted by molar-refractivity contribution is -0.146. The van der Waals surface area contributed by atoms with Gasteiger partial charge in [0.25, 0.3) is 5.91 Å². The molecule has 0 spiro atoms. The number of amidine groups is 1. The van der Waals surface area contributed by atoms with Crippen LogP contribution in [-0.2, 0) is 16.1 Å². The van der Waals surface area contributed by atoms with E-state index in [1.54, 1.807) is 0 Å². The van der Waals surface area contributed by atoms with E-state index in [2.05, 4.69) is 15.3 Å². The third kappa shape index (κ3) is 6.31. The van der Waals surface area contributed by atoms with Crippen LogP contribution in [0.25, 0.3) is 11.3 Å². The number of rotatable bonds is 9. The van der Waals surface area contributed by atoms with Crippen LogP contribution < -0.4 is 15.8 Å². The number of methoxy groups -OCH3 is 2. The van der Waals surface area contributed by atoms with Crippen molar-refractivity contribution in [2.75, 3.05) is 14.2 Å². The molecule has 1 aliphatic carbocycles. The van der Waals surface area contributed by atoms with Crippen molar-refractivity contribution in [2.24, 2.45) is 16.6 Å². The molecule has 0 atom stereocenters. The number of esters is 1. The number of ether oxygens (including phenoxy) is 2. The van der Waals surface area contributed by atoms with Gasteiger partial charge in [-0.05, 0) is 49.4 Å². The molecular weight excluding hydrogens is 503 g/mol. The predicted molar refractivity (Wildman–Crippen MR) is 144 cm³/mol. The molecule has 204 valence electrons. The predicted octanol–water partition coefficient (Wildman–Crippen LogP) is 3.91. The number of benzene rings is 2. The first-order valence-corrected chi connectivity index (χ1v) is 12.6. The Bertz CT molecular complexity index is 1380. The highest BCUT2D eigenvalue weighted by atomic mass is 19.1. The number of aliphatic imine (C=N–C) groups is 1. The molecule has 0 saturated heterocycles. The number of aromatic nitrogens is 2. The number of nitrogens with two attached hydrogens (primary N) is 1. The van der Waals surface area contributed by atoms with E-state index in [0.29, 0.717) is 24.2 Å². The highest BCUT2D eigenvalue weighted by Crippen LogP contribution is 2.36. The van der Waals surface area contributed by atoms with Crippen molar-refractivity contribution >= 4 is 24.1 Å². The van der Waals surface area contributed by atoms with Gasteiger partial charge in [0.2, 0.25) is 0 Å². The summed E-state index contributed by atoms with van der Waals surface area (Å²) in [5, 5.41) is 10.1. The third-order valence-electron chi connectivity index (χ3n) is 6.92. The summed E-state index contributed by atoms with van der Waals surface area (Å²) in [5.41, 5.74) is 8.98. The number of imidazole rings is 1. The average molecular weight is 535 g/mol. The van der Waals surface area contributed by atoms with E-state index >= 15 is 0 Å². The average Bonchev–Trinajstić information content (AvgIpc) is 3.41. The molecule has 1 amide bonds. The lowest BCUT2D eigenvalue weighted by atomic mass is 9.81. The van der Waals surface area contributed by atoms with Crippen molar-refractivity contribution in [1.82, 2.24) is 15.3 Å². The lowest BCUT2D eigenvalue weighted by Crippen LogP contribution is -2.23. The van der Waals surface area contributed by atoms with E-state index in [0.717, 1.165) is 42.2 Å². The molecule has 39 heavy (non-hydrogen) atoms. The summed E-state index contributed by atoms with van der Waals surface area (Å²) in [4.78, 5) is 36.6. The summed E-state index contributed by atoms with van der Waals surface area (Å²) in [7, 11) is 2.83. The van der Waals surface area contributed by atoms with Crippen LogP contribution >= 0.6 is 0 Å². The minimum Gasteiger partial charge on any atom is -0.496 e. The summed E-state index contributed by atoms with van der Waals surface area (Å²) in [6.45, 7) is 0.221. The van der Waals surface area contributed by atoms with Crippen LogP contribution in [0.5, 0.6) is 5.75 Å². The molecule has 11 heteroatoms. The Morgan fingerprint density at radius 1 is 1.18 bits per heavy atom. The van der Waals surface area contributed by atoms with Crippen LogP contribution in [0.2, 0.25) is 0 Å². The zero-order valence-corrected chi connectivity index (χ0v) is 21.8. The molecule has 10 nitrogen and oxygen atoms in total. The smallest absolute Gasteiger partial charge is 0.308 e. The highest BCUT2D eigenvalue weighted by Gasteiger charge is 2.30. The van der Waals surface area contributed by atoms with Crippen LogP contribution in [0.3, 0.4) is 0 Å². The van der Waals surface area contributed by atoms with E-state index < -0.39 is 11.7 Å². The molecule has 1 aromatic heterocycles. The van der Waals surface area contributed by atoms with Gasteiger partial charge in [0.1, 0.15) is 29.4 Å². The molecule has 1 fully saturated rings. The monoisotopic (exact) mass is 534 g/mol. The topological polar surface area (TPSA) is 156 Å². The number of carbonyl (C=O) groups excluding carboxylic acids is 2.